The number of hydrogen-bond donors (Lipinski definition) is 1. The number of hydrogen-bond acceptors (Lipinski definition) is 4. The van der Waals surface area contributed by atoms with Crippen molar-refractivity contribution in [1.29, 1.82) is 0 Å². The SMILES string of the molecule is C[C@H]1C[C@H]1c1ccc(CN(C)Cc2nc3ccccc3c(=O)[nH]2)o1. The zero-order chi connectivity index (χ0) is 16.7. The Morgan fingerprint density at radius 1 is 1.25 bits per heavy atom. The molecule has 0 saturated heterocycles. The molecule has 0 amide bonds. The Morgan fingerprint density at radius 3 is 2.83 bits per heavy atom. The third-order valence-corrected chi connectivity index (χ3v) is 4.66. The Kier molecular flexibility index (Phi) is 3.73. The molecule has 5 heteroatoms. The topological polar surface area (TPSA) is 62.1 Å². The van der Waals surface area contributed by atoms with Gasteiger partial charge in [-0.1, -0.05) is 19.1 Å². The van der Waals surface area contributed by atoms with Crippen LogP contribution in [0, 0.1) is 5.92 Å². The molecule has 1 aliphatic carbocycles. The van der Waals surface area contributed by atoms with E-state index in [1.165, 1.54) is 6.42 Å². The number of rotatable bonds is 5. The minimum Gasteiger partial charge on any atom is -0.464 e. The van der Waals surface area contributed by atoms with Crippen LogP contribution in [0.5, 0.6) is 0 Å². The van der Waals surface area contributed by atoms with Gasteiger partial charge in [-0.25, -0.2) is 4.98 Å². The van der Waals surface area contributed by atoms with E-state index in [0.717, 1.165) is 23.0 Å². The molecule has 2 aromatic heterocycles. The van der Waals surface area contributed by atoms with Crippen LogP contribution in [-0.4, -0.2) is 21.9 Å². The quantitative estimate of drug-likeness (QED) is 0.783. The lowest BCUT2D eigenvalue weighted by Crippen LogP contribution is -2.21. The van der Waals surface area contributed by atoms with E-state index in [-0.39, 0.29) is 5.56 Å². The molecule has 24 heavy (non-hydrogen) atoms. The number of H-pyrrole nitrogens is 1. The molecule has 2 heterocycles. The van der Waals surface area contributed by atoms with Gasteiger partial charge < -0.3 is 9.40 Å². The highest BCUT2D eigenvalue weighted by Gasteiger charge is 2.36. The van der Waals surface area contributed by atoms with Crippen LogP contribution >= 0.6 is 0 Å². The van der Waals surface area contributed by atoms with E-state index >= 15 is 0 Å². The van der Waals surface area contributed by atoms with Crippen LogP contribution in [0.25, 0.3) is 10.9 Å². The highest BCUT2D eigenvalue weighted by Crippen LogP contribution is 2.47. The fourth-order valence-electron chi connectivity index (χ4n) is 3.18. The normalized spacial score (nSPS) is 20.0. The highest BCUT2D eigenvalue weighted by molar-refractivity contribution is 5.77. The van der Waals surface area contributed by atoms with E-state index in [1.54, 1.807) is 6.07 Å². The summed E-state index contributed by atoms with van der Waals surface area (Å²) in [6, 6.07) is 11.5. The summed E-state index contributed by atoms with van der Waals surface area (Å²) in [5.41, 5.74) is 0.639. The molecule has 1 aliphatic rings. The van der Waals surface area contributed by atoms with Crippen molar-refractivity contribution in [3.05, 3.63) is 64.1 Å². The molecule has 2 atom stereocenters. The van der Waals surface area contributed by atoms with Crippen LogP contribution < -0.4 is 5.56 Å². The Balaban J connectivity index is 1.47. The molecule has 124 valence electrons. The van der Waals surface area contributed by atoms with E-state index in [0.29, 0.717) is 30.2 Å². The molecule has 0 aliphatic heterocycles. The summed E-state index contributed by atoms with van der Waals surface area (Å²) in [5, 5.41) is 0.623. The largest absolute Gasteiger partial charge is 0.464 e. The van der Waals surface area contributed by atoms with Crippen LogP contribution in [-0.2, 0) is 13.1 Å². The van der Waals surface area contributed by atoms with Gasteiger partial charge in [0.15, 0.2) is 0 Å². The summed E-state index contributed by atoms with van der Waals surface area (Å²) < 4.78 is 5.95. The Bertz CT molecular complexity index is 928. The van der Waals surface area contributed by atoms with Crippen molar-refractivity contribution in [2.24, 2.45) is 5.92 Å². The maximum Gasteiger partial charge on any atom is 0.258 e. The molecule has 1 saturated carbocycles. The number of aromatic amines is 1. The van der Waals surface area contributed by atoms with E-state index in [1.807, 2.05) is 31.3 Å². The van der Waals surface area contributed by atoms with Gasteiger partial charge in [-0.15, -0.1) is 0 Å². The van der Waals surface area contributed by atoms with E-state index in [2.05, 4.69) is 27.9 Å². The molecule has 1 aromatic carbocycles. The van der Waals surface area contributed by atoms with Gasteiger partial charge in [0.05, 0.1) is 24.0 Å². The summed E-state index contributed by atoms with van der Waals surface area (Å²) in [7, 11) is 2.00. The van der Waals surface area contributed by atoms with Crippen molar-refractivity contribution in [1.82, 2.24) is 14.9 Å². The van der Waals surface area contributed by atoms with Crippen molar-refractivity contribution in [3.8, 4) is 0 Å². The fraction of sp³-hybridized carbons (Fsp3) is 0.368. The molecule has 0 radical (unpaired) electrons. The Labute approximate surface area is 140 Å². The lowest BCUT2D eigenvalue weighted by Gasteiger charge is -2.14. The first-order valence-electron chi connectivity index (χ1n) is 8.35. The van der Waals surface area contributed by atoms with Crippen LogP contribution in [0.4, 0.5) is 0 Å². The maximum absolute atomic E-state index is 12.1. The Hall–Kier alpha value is -2.40. The predicted octanol–water partition coefficient (Wildman–Crippen LogP) is 3.27. The van der Waals surface area contributed by atoms with Gasteiger partial charge in [-0.3, -0.25) is 9.69 Å². The average Bonchev–Trinajstić information content (AvgIpc) is 3.10. The molecular weight excluding hydrogens is 302 g/mol. The molecular formula is C19H21N3O2. The molecule has 4 rings (SSSR count). The number of fused-ring (bicyclic) bond motifs is 1. The molecule has 0 bridgehead atoms. The number of para-hydroxylation sites is 1. The zero-order valence-electron chi connectivity index (χ0n) is 14.0. The molecule has 0 unspecified atom stereocenters. The number of furan rings is 1. The van der Waals surface area contributed by atoms with E-state index < -0.39 is 0 Å². The van der Waals surface area contributed by atoms with Gasteiger partial charge in [-0.2, -0.15) is 0 Å². The van der Waals surface area contributed by atoms with Crippen molar-refractivity contribution in [2.45, 2.75) is 32.4 Å². The van der Waals surface area contributed by atoms with Crippen molar-refractivity contribution >= 4 is 10.9 Å². The lowest BCUT2D eigenvalue weighted by atomic mass is 10.2. The second-order valence-electron chi connectivity index (χ2n) is 6.83. The minimum atomic E-state index is -0.0907. The summed E-state index contributed by atoms with van der Waals surface area (Å²) in [4.78, 5) is 21.6. The zero-order valence-corrected chi connectivity index (χ0v) is 14.0. The third kappa shape index (κ3) is 2.99. The van der Waals surface area contributed by atoms with Crippen molar-refractivity contribution in [3.63, 3.8) is 0 Å². The molecule has 1 fully saturated rings. The lowest BCUT2D eigenvalue weighted by molar-refractivity contribution is 0.277. The first kappa shape index (κ1) is 15.1. The van der Waals surface area contributed by atoms with Gasteiger partial charge in [-0.05, 0) is 43.7 Å². The van der Waals surface area contributed by atoms with Gasteiger partial charge in [0.25, 0.3) is 5.56 Å². The predicted molar refractivity (Wildman–Crippen MR) is 92.8 cm³/mol. The summed E-state index contributed by atoms with van der Waals surface area (Å²) in [6.45, 7) is 3.51. The van der Waals surface area contributed by atoms with Crippen LogP contribution in [0.15, 0.2) is 45.6 Å². The van der Waals surface area contributed by atoms with Gasteiger partial charge in [0.2, 0.25) is 0 Å². The van der Waals surface area contributed by atoms with Crippen LogP contribution in [0.2, 0.25) is 0 Å². The summed E-state index contributed by atoms with van der Waals surface area (Å²) in [6.07, 6.45) is 1.23. The smallest absolute Gasteiger partial charge is 0.258 e. The Morgan fingerprint density at radius 2 is 2.04 bits per heavy atom. The number of aromatic nitrogens is 2. The molecule has 0 spiro atoms. The standard InChI is InChI=1S/C19H21N3O2/c1-12-9-15(12)17-8-7-13(24-17)10-22(2)11-18-20-16-6-4-3-5-14(16)19(23)21-18/h3-8,12,15H,9-11H2,1-2H3,(H,20,21,23)/t12-,15+/m0/s1. The van der Waals surface area contributed by atoms with Crippen LogP contribution in [0.1, 0.15) is 36.6 Å². The number of nitrogens with one attached hydrogen (secondary N) is 1. The average molecular weight is 323 g/mol. The summed E-state index contributed by atoms with van der Waals surface area (Å²) >= 11 is 0. The molecule has 3 aromatic rings. The number of benzene rings is 1. The van der Waals surface area contributed by atoms with Crippen LogP contribution in [0.3, 0.4) is 0 Å². The van der Waals surface area contributed by atoms with Gasteiger partial charge in [0.1, 0.15) is 17.3 Å². The van der Waals surface area contributed by atoms with E-state index in [4.69, 9.17) is 4.42 Å². The van der Waals surface area contributed by atoms with Gasteiger partial charge >= 0.3 is 0 Å². The first-order chi connectivity index (χ1) is 11.6. The second-order valence-corrected chi connectivity index (χ2v) is 6.83. The monoisotopic (exact) mass is 323 g/mol. The third-order valence-electron chi connectivity index (χ3n) is 4.66. The maximum atomic E-state index is 12.1. The second kappa shape index (κ2) is 5.91. The van der Waals surface area contributed by atoms with Gasteiger partial charge in [0, 0.05) is 5.92 Å². The molecule has 5 nitrogen and oxygen atoms in total. The van der Waals surface area contributed by atoms with E-state index in [9.17, 15) is 4.79 Å². The summed E-state index contributed by atoms with van der Waals surface area (Å²) in [5.74, 6) is 4.07. The fourth-order valence-corrected chi connectivity index (χ4v) is 3.18. The van der Waals surface area contributed by atoms with Crippen molar-refractivity contribution in [2.75, 3.05) is 7.05 Å². The number of nitrogens with zero attached hydrogens (tertiary/aromatic N) is 2. The minimum absolute atomic E-state index is 0.0907. The highest BCUT2D eigenvalue weighted by atomic mass is 16.3. The molecule has 1 N–H and O–H groups in total. The van der Waals surface area contributed by atoms with Crippen molar-refractivity contribution < 1.29 is 4.42 Å². The first-order valence-corrected chi connectivity index (χ1v) is 8.35.